The second-order valence-corrected chi connectivity index (χ2v) is 5.62. The van der Waals surface area contributed by atoms with E-state index in [1.165, 1.54) is 19.3 Å². The van der Waals surface area contributed by atoms with Crippen LogP contribution in [0.25, 0.3) is 0 Å². The second-order valence-electron chi connectivity index (χ2n) is 5.62. The number of aromatic hydroxyl groups is 1. The van der Waals surface area contributed by atoms with Crippen LogP contribution in [-0.4, -0.2) is 25.2 Å². The van der Waals surface area contributed by atoms with Crippen molar-refractivity contribution in [1.29, 1.82) is 0 Å². The smallest absolute Gasteiger partial charge is 0.122 e. The largest absolute Gasteiger partial charge is 0.508 e. The van der Waals surface area contributed by atoms with Gasteiger partial charge in [0.05, 0.1) is 0 Å². The van der Waals surface area contributed by atoms with E-state index in [1.807, 2.05) is 19.2 Å². The summed E-state index contributed by atoms with van der Waals surface area (Å²) < 4.78 is 0. The monoisotopic (exact) mass is 262 g/mol. The van der Waals surface area contributed by atoms with Gasteiger partial charge in [-0.15, -0.1) is 0 Å². The van der Waals surface area contributed by atoms with Crippen molar-refractivity contribution in [2.24, 2.45) is 5.92 Å². The Labute approximate surface area is 116 Å². The summed E-state index contributed by atoms with van der Waals surface area (Å²) in [6.45, 7) is 6.56. The molecule has 3 heteroatoms. The number of phenolic OH excluding ortho intramolecular Hbond substituents is 1. The van der Waals surface area contributed by atoms with Crippen LogP contribution in [0.1, 0.15) is 44.7 Å². The van der Waals surface area contributed by atoms with Crippen LogP contribution in [0.5, 0.6) is 5.75 Å². The van der Waals surface area contributed by atoms with Gasteiger partial charge in [-0.05, 0) is 38.8 Å². The Hall–Kier alpha value is -1.22. The molecule has 0 spiro atoms. The van der Waals surface area contributed by atoms with Crippen LogP contribution in [0.15, 0.2) is 18.2 Å². The summed E-state index contributed by atoms with van der Waals surface area (Å²) in [6, 6.07) is 6.28. The van der Waals surface area contributed by atoms with Gasteiger partial charge in [-0.1, -0.05) is 19.4 Å². The SMILES string of the molecule is CCC1CCCN(c2ccc(C(C)NC)c(O)c2)C1. The third kappa shape index (κ3) is 3.21. The minimum Gasteiger partial charge on any atom is -0.508 e. The lowest BCUT2D eigenvalue weighted by Gasteiger charge is -2.34. The Balaban J connectivity index is 2.15. The molecule has 3 nitrogen and oxygen atoms in total. The first-order chi connectivity index (χ1) is 9.15. The number of anilines is 1. The summed E-state index contributed by atoms with van der Waals surface area (Å²) in [7, 11) is 1.91. The molecule has 19 heavy (non-hydrogen) atoms. The van der Waals surface area contributed by atoms with E-state index in [1.54, 1.807) is 0 Å². The highest BCUT2D eigenvalue weighted by atomic mass is 16.3. The van der Waals surface area contributed by atoms with Gasteiger partial charge in [0.2, 0.25) is 0 Å². The van der Waals surface area contributed by atoms with Crippen molar-refractivity contribution in [3.63, 3.8) is 0 Å². The van der Waals surface area contributed by atoms with Crippen LogP contribution in [0.3, 0.4) is 0 Å². The fourth-order valence-corrected chi connectivity index (χ4v) is 2.88. The van der Waals surface area contributed by atoms with Gasteiger partial charge in [0.1, 0.15) is 5.75 Å². The van der Waals surface area contributed by atoms with Crippen LogP contribution in [0.2, 0.25) is 0 Å². The fourth-order valence-electron chi connectivity index (χ4n) is 2.88. The van der Waals surface area contributed by atoms with Gasteiger partial charge >= 0.3 is 0 Å². The zero-order valence-corrected chi connectivity index (χ0v) is 12.3. The second kappa shape index (κ2) is 6.29. The number of benzene rings is 1. The van der Waals surface area contributed by atoms with Crippen molar-refractivity contribution in [3.8, 4) is 5.75 Å². The molecule has 1 fully saturated rings. The van der Waals surface area contributed by atoms with Crippen molar-refractivity contribution >= 4 is 5.69 Å². The van der Waals surface area contributed by atoms with Crippen molar-refractivity contribution in [2.45, 2.75) is 39.2 Å². The Morgan fingerprint density at radius 3 is 2.89 bits per heavy atom. The van der Waals surface area contributed by atoms with Crippen molar-refractivity contribution < 1.29 is 5.11 Å². The van der Waals surface area contributed by atoms with Gasteiger partial charge in [0.25, 0.3) is 0 Å². The number of rotatable bonds is 4. The maximum Gasteiger partial charge on any atom is 0.122 e. The Morgan fingerprint density at radius 2 is 2.26 bits per heavy atom. The standard InChI is InChI=1S/C16H26N2O/c1-4-13-6-5-9-18(11-13)14-7-8-15(12(2)17-3)16(19)10-14/h7-8,10,12-13,17,19H,4-6,9,11H2,1-3H3. The molecule has 1 aromatic rings. The van der Waals surface area contributed by atoms with Gasteiger partial charge in [-0.2, -0.15) is 0 Å². The minimum atomic E-state index is 0.179. The van der Waals surface area contributed by atoms with E-state index in [0.29, 0.717) is 5.75 Å². The maximum absolute atomic E-state index is 10.2. The van der Waals surface area contributed by atoms with E-state index in [4.69, 9.17) is 0 Å². The van der Waals surface area contributed by atoms with Crippen LogP contribution in [0.4, 0.5) is 5.69 Å². The molecule has 0 saturated carbocycles. The highest BCUT2D eigenvalue weighted by Crippen LogP contribution is 2.31. The van der Waals surface area contributed by atoms with Crippen molar-refractivity contribution in [3.05, 3.63) is 23.8 Å². The molecule has 1 heterocycles. The van der Waals surface area contributed by atoms with E-state index < -0.39 is 0 Å². The predicted molar refractivity (Wildman–Crippen MR) is 80.8 cm³/mol. The number of nitrogens with one attached hydrogen (secondary N) is 1. The predicted octanol–water partition coefficient (Wildman–Crippen LogP) is 3.30. The van der Waals surface area contributed by atoms with E-state index in [9.17, 15) is 5.11 Å². The van der Waals surface area contributed by atoms with Crippen LogP contribution < -0.4 is 10.2 Å². The zero-order valence-electron chi connectivity index (χ0n) is 12.3. The molecule has 2 atom stereocenters. The average molecular weight is 262 g/mol. The third-order valence-electron chi connectivity index (χ3n) is 4.38. The van der Waals surface area contributed by atoms with E-state index in [-0.39, 0.29) is 6.04 Å². The molecule has 2 unspecified atom stereocenters. The molecule has 0 radical (unpaired) electrons. The lowest BCUT2D eigenvalue weighted by molar-refractivity contribution is 0.403. The third-order valence-corrected chi connectivity index (χ3v) is 4.38. The molecule has 106 valence electrons. The summed E-state index contributed by atoms with van der Waals surface area (Å²) in [6.07, 6.45) is 3.85. The Bertz CT molecular complexity index is 419. The molecule has 1 aliphatic heterocycles. The summed E-state index contributed by atoms with van der Waals surface area (Å²) >= 11 is 0. The fraction of sp³-hybridized carbons (Fsp3) is 0.625. The van der Waals surface area contributed by atoms with Crippen LogP contribution in [0, 0.1) is 5.92 Å². The van der Waals surface area contributed by atoms with Crippen LogP contribution >= 0.6 is 0 Å². The average Bonchev–Trinajstić information content (AvgIpc) is 2.46. The summed E-state index contributed by atoms with van der Waals surface area (Å²) in [5.74, 6) is 1.20. The first-order valence-electron chi connectivity index (χ1n) is 7.40. The molecule has 0 amide bonds. The normalized spacial score (nSPS) is 21.4. The van der Waals surface area contributed by atoms with Gasteiger partial charge in [0.15, 0.2) is 0 Å². The summed E-state index contributed by atoms with van der Waals surface area (Å²) in [5, 5.41) is 13.3. The number of nitrogens with zero attached hydrogens (tertiary/aromatic N) is 1. The molecule has 0 aliphatic carbocycles. The van der Waals surface area contributed by atoms with E-state index in [2.05, 4.69) is 30.1 Å². The molecule has 1 aromatic carbocycles. The molecule has 2 rings (SSSR count). The lowest BCUT2D eigenvalue weighted by atomic mass is 9.95. The van der Waals surface area contributed by atoms with Gasteiger partial charge in [0, 0.05) is 36.4 Å². The maximum atomic E-state index is 10.2. The van der Waals surface area contributed by atoms with Crippen molar-refractivity contribution in [2.75, 3.05) is 25.0 Å². The van der Waals surface area contributed by atoms with Crippen molar-refractivity contribution in [1.82, 2.24) is 5.32 Å². The molecule has 0 bridgehead atoms. The zero-order chi connectivity index (χ0) is 13.8. The van der Waals surface area contributed by atoms with E-state index >= 15 is 0 Å². The Morgan fingerprint density at radius 1 is 1.47 bits per heavy atom. The Kier molecular flexibility index (Phi) is 4.70. The summed E-state index contributed by atoms with van der Waals surface area (Å²) in [4.78, 5) is 2.41. The molecular formula is C16H26N2O. The summed E-state index contributed by atoms with van der Waals surface area (Å²) in [5.41, 5.74) is 2.12. The molecular weight excluding hydrogens is 236 g/mol. The molecule has 2 N–H and O–H groups in total. The first kappa shape index (κ1) is 14.2. The molecule has 0 aromatic heterocycles. The highest BCUT2D eigenvalue weighted by Gasteiger charge is 2.19. The van der Waals surface area contributed by atoms with Gasteiger partial charge in [-0.25, -0.2) is 0 Å². The first-order valence-corrected chi connectivity index (χ1v) is 7.40. The number of hydrogen-bond acceptors (Lipinski definition) is 3. The lowest BCUT2D eigenvalue weighted by Crippen LogP contribution is -2.35. The minimum absolute atomic E-state index is 0.179. The topological polar surface area (TPSA) is 35.5 Å². The quantitative estimate of drug-likeness (QED) is 0.874. The number of phenols is 1. The van der Waals surface area contributed by atoms with Gasteiger partial charge in [-0.3, -0.25) is 0 Å². The molecule has 1 saturated heterocycles. The van der Waals surface area contributed by atoms with Gasteiger partial charge < -0.3 is 15.3 Å². The number of hydrogen-bond donors (Lipinski definition) is 2. The van der Waals surface area contributed by atoms with Crippen LogP contribution in [-0.2, 0) is 0 Å². The number of piperidine rings is 1. The van der Waals surface area contributed by atoms with E-state index in [0.717, 1.165) is 30.3 Å². The highest BCUT2D eigenvalue weighted by molar-refractivity contribution is 5.54. The molecule has 1 aliphatic rings.